The fraction of sp³-hybridized carbons (Fsp3) is 0.762. The van der Waals surface area contributed by atoms with Gasteiger partial charge in [-0.25, -0.2) is 0 Å². The molecule has 3 N–H and O–H groups in total. The van der Waals surface area contributed by atoms with Crippen LogP contribution < -0.4 is 20.8 Å². The zero-order valence-corrected chi connectivity index (χ0v) is 36.8. The maximum absolute atomic E-state index is 14.0. The first-order valence-corrected chi connectivity index (χ1v) is 23.2. The lowest BCUT2D eigenvalue weighted by atomic mass is 9.80. The van der Waals surface area contributed by atoms with Crippen LogP contribution in [0.25, 0.3) is 0 Å². The van der Waals surface area contributed by atoms with E-state index in [2.05, 4.69) is 33.7 Å². The molecule has 0 radical (unpaired) electrons. The van der Waals surface area contributed by atoms with E-state index >= 15 is 0 Å². The number of nitrogens with one attached hydrogen (secondary N) is 3. The molecule has 1 atom stereocenters. The van der Waals surface area contributed by atoms with Crippen molar-refractivity contribution in [3.63, 3.8) is 0 Å². The number of carbonyl (C=O) groups excluding carboxylic acids is 4. The Balaban J connectivity index is 3.05. The van der Waals surface area contributed by atoms with Crippen LogP contribution in [0.5, 0.6) is 0 Å². The van der Waals surface area contributed by atoms with Gasteiger partial charge in [0.1, 0.15) is 25.6 Å². The third-order valence-corrected chi connectivity index (χ3v) is 12.8. The molecule has 0 heterocycles. The Morgan fingerprint density at radius 3 is 1.58 bits per heavy atom. The van der Waals surface area contributed by atoms with Crippen LogP contribution in [0.2, 0.25) is 0 Å². The van der Waals surface area contributed by atoms with Crippen molar-refractivity contribution in [2.45, 2.75) is 108 Å². The number of amides is 3. The van der Waals surface area contributed by atoms with Crippen molar-refractivity contribution in [3.8, 4) is 37.0 Å². The monoisotopic (exact) mass is 868 g/mol. The van der Waals surface area contributed by atoms with Gasteiger partial charge in [0.25, 0.3) is 0 Å². The van der Waals surface area contributed by atoms with Gasteiger partial charge in [0.05, 0.1) is 59.0 Å². The van der Waals surface area contributed by atoms with Crippen LogP contribution in [0.1, 0.15) is 90.9 Å². The zero-order chi connectivity index (χ0) is 43.6. The fourth-order valence-corrected chi connectivity index (χ4v) is 7.26. The van der Waals surface area contributed by atoms with Crippen molar-refractivity contribution in [1.29, 1.82) is 0 Å². The summed E-state index contributed by atoms with van der Waals surface area (Å²) in [6.07, 6.45) is 18.7. The molecule has 0 saturated heterocycles. The second-order valence-electron chi connectivity index (χ2n) is 14.4. The van der Waals surface area contributed by atoms with Gasteiger partial charge in [-0.05, 0) is 63.5 Å². The van der Waals surface area contributed by atoms with E-state index in [0.29, 0.717) is 78.4 Å². The van der Waals surface area contributed by atoms with Crippen LogP contribution in [0, 0.1) is 42.9 Å². The maximum Gasteiger partial charge on any atom is 0.223 e. The van der Waals surface area contributed by atoms with Crippen LogP contribution in [0.4, 0.5) is 0 Å². The summed E-state index contributed by atoms with van der Waals surface area (Å²) in [5, 5.41) is 8.91. The number of hydrogen-bond acceptors (Lipinski definition) is 13. The first-order valence-electron chi connectivity index (χ1n) is 20.5. The Hall–Kier alpha value is -2.91. The third-order valence-electron chi connectivity index (χ3n) is 9.46. The molecule has 15 nitrogen and oxygen atoms in total. The largest absolute Gasteiger partial charge is 0.800 e. The molecule has 1 saturated carbocycles. The Bertz CT molecular complexity index is 1280. The van der Waals surface area contributed by atoms with Gasteiger partial charge in [0.2, 0.25) is 17.7 Å². The van der Waals surface area contributed by atoms with Crippen molar-refractivity contribution in [2.75, 3.05) is 92.4 Å². The first-order chi connectivity index (χ1) is 28.4. The van der Waals surface area contributed by atoms with E-state index in [9.17, 15) is 24.1 Å². The first kappa shape index (κ1) is 54.1. The molecule has 59 heavy (non-hydrogen) atoms. The predicted molar refractivity (Wildman–Crippen MR) is 227 cm³/mol. The van der Waals surface area contributed by atoms with Gasteiger partial charge in [-0.2, -0.15) is 0 Å². The van der Waals surface area contributed by atoms with E-state index in [0.717, 1.165) is 0 Å². The molecule has 17 heteroatoms. The summed E-state index contributed by atoms with van der Waals surface area (Å²) in [6.45, 7) is 4.32. The van der Waals surface area contributed by atoms with Crippen LogP contribution in [-0.2, 0) is 63.9 Å². The summed E-state index contributed by atoms with van der Waals surface area (Å²) in [7, 11) is 0. The number of terminal acetylenes is 3. The summed E-state index contributed by atoms with van der Waals surface area (Å²) in [4.78, 5) is 66.3. The standard InChI is InChI=1S/C42H68N3O12PS/c1-6-23-51-29-32-54-26-9-10-37(46)15-18-42(19-16-39(47)43-21-27-55-33-30-52-24-7-2,20-17-40(48)44-22-28-56-34-31-53-25-8-3)45-41(49)36-11-13-38(14-12-36)57-58(50,59)35(4)5/h1-3,35-36,38H,9-34H2,4-5H3,(H,43,47)(H,44,48)(H,45,49)(H,50,59)/p-1. The van der Waals surface area contributed by atoms with Crippen molar-refractivity contribution in [2.24, 2.45) is 5.92 Å². The summed E-state index contributed by atoms with van der Waals surface area (Å²) in [5.41, 5.74) is -1.36. The van der Waals surface area contributed by atoms with Gasteiger partial charge < -0.3 is 53.8 Å². The molecule has 1 aliphatic carbocycles. The third kappa shape index (κ3) is 27.5. The van der Waals surface area contributed by atoms with Gasteiger partial charge in [-0.3, -0.25) is 19.2 Å². The van der Waals surface area contributed by atoms with Crippen molar-refractivity contribution in [1.82, 2.24) is 16.0 Å². The molecular weight excluding hydrogens is 802 g/mol. The van der Waals surface area contributed by atoms with E-state index in [4.69, 9.17) is 64.0 Å². The number of rotatable bonds is 36. The molecule has 3 amide bonds. The van der Waals surface area contributed by atoms with Gasteiger partial charge >= 0.3 is 0 Å². The van der Waals surface area contributed by atoms with Gasteiger partial charge in [-0.1, -0.05) is 43.4 Å². The number of carbonyl (C=O) groups is 4. The smallest absolute Gasteiger partial charge is 0.223 e. The molecule has 0 aliphatic heterocycles. The predicted octanol–water partition coefficient (Wildman–Crippen LogP) is 2.42. The van der Waals surface area contributed by atoms with Gasteiger partial charge in [0, 0.05) is 56.8 Å². The van der Waals surface area contributed by atoms with E-state index in [1.54, 1.807) is 13.8 Å². The quantitative estimate of drug-likeness (QED) is 0.0473. The minimum atomic E-state index is -3.21. The Morgan fingerprint density at radius 2 is 1.12 bits per heavy atom. The Kier molecular flexibility index (Phi) is 31.0. The van der Waals surface area contributed by atoms with Crippen molar-refractivity contribution < 1.29 is 57.0 Å². The molecule has 1 fully saturated rings. The highest BCUT2D eigenvalue weighted by Crippen LogP contribution is 2.46. The normalized spacial score (nSPS) is 16.3. The van der Waals surface area contributed by atoms with Crippen molar-refractivity contribution in [3.05, 3.63) is 0 Å². The number of Topliss-reactive ketones (excluding diaryl/α,β-unsaturated/α-hetero) is 1. The Morgan fingerprint density at radius 1 is 0.678 bits per heavy atom. The molecular formula is C42H67N3O12PS-. The highest BCUT2D eigenvalue weighted by atomic mass is 32.5. The maximum atomic E-state index is 14.0. The van der Waals surface area contributed by atoms with Crippen LogP contribution >= 0.6 is 6.49 Å². The van der Waals surface area contributed by atoms with E-state index < -0.39 is 12.0 Å². The minimum absolute atomic E-state index is 0.0243. The number of ether oxygens (including phenoxy) is 6. The molecule has 1 unspecified atom stereocenters. The fourth-order valence-electron chi connectivity index (χ4n) is 6.02. The number of hydrogen-bond donors (Lipinski definition) is 3. The van der Waals surface area contributed by atoms with Crippen LogP contribution in [0.15, 0.2) is 0 Å². The molecule has 1 aliphatic rings. The average Bonchev–Trinajstić information content (AvgIpc) is 3.21. The molecule has 0 spiro atoms. The molecule has 334 valence electrons. The molecule has 0 bridgehead atoms. The second-order valence-corrected chi connectivity index (χ2v) is 18.3. The molecule has 1 rings (SSSR count). The molecule has 0 aromatic rings. The van der Waals surface area contributed by atoms with Crippen molar-refractivity contribution >= 4 is 41.8 Å². The molecule has 0 aromatic heterocycles. The molecule has 0 aromatic carbocycles. The van der Waals surface area contributed by atoms with E-state index in [-0.39, 0.29) is 132 Å². The second kappa shape index (κ2) is 33.8. The lowest BCUT2D eigenvalue weighted by molar-refractivity contribution is -0.189. The van der Waals surface area contributed by atoms with Gasteiger partial charge in [-0.15, -0.1) is 19.3 Å². The average molecular weight is 869 g/mol. The number of ketones is 1. The van der Waals surface area contributed by atoms with Crippen LogP contribution in [0.3, 0.4) is 0 Å². The zero-order valence-electron chi connectivity index (χ0n) is 35.1. The summed E-state index contributed by atoms with van der Waals surface area (Å²) < 4.78 is 37.9. The lowest BCUT2D eigenvalue weighted by Crippen LogP contribution is -2.52. The summed E-state index contributed by atoms with van der Waals surface area (Å²) in [6, 6.07) is 0. The summed E-state index contributed by atoms with van der Waals surface area (Å²) >= 11 is 5.24. The minimum Gasteiger partial charge on any atom is -0.800 e. The lowest BCUT2D eigenvalue weighted by Gasteiger charge is -2.40. The summed E-state index contributed by atoms with van der Waals surface area (Å²) in [5.74, 6) is 5.95. The SMILES string of the molecule is C#CCOCCOCCCC(=O)CCC(CCC(=O)NCCOCCOCC#C)(CCC(=O)NCCOCCOCC#C)NC(=O)C1CCC(OP([O-])(=S)C(C)C)CC1. The van der Waals surface area contributed by atoms with Gasteiger partial charge in [0.15, 0.2) is 0 Å². The Labute approximate surface area is 357 Å². The van der Waals surface area contributed by atoms with Crippen LogP contribution in [-0.4, -0.2) is 133 Å². The van der Waals surface area contributed by atoms with E-state index in [1.807, 2.05) is 0 Å². The van der Waals surface area contributed by atoms with E-state index in [1.165, 1.54) is 0 Å². The topological polar surface area (TPSA) is 192 Å². The highest BCUT2D eigenvalue weighted by molar-refractivity contribution is 8.09. The highest BCUT2D eigenvalue weighted by Gasteiger charge is 2.37.